The second kappa shape index (κ2) is 11.3. The molecule has 0 aliphatic rings. The highest BCUT2D eigenvalue weighted by Gasteiger charge is 2.12. The SMILES string of the molecule is CCC(C)CC(O)COc1ccc2c(OCC(O)CC(C)CC)cccc2c1. The summed E-state index contributed by atoms with van der Waals surface area (Å²) in [5, 5.41) is 22.3. The fourth-order valence-corrected chi connectivity index (χ4v) is 3.22. The van der Waals surface area contributed by atoms with E-state index in [0.29, 0.717) is 25.0 Å². The number of fused-ring (bicyclic) bond motifs is 1. The van der Waals surface area contributed by atoms with E-state index in [0.717, 1.165) is 48.0 Å². The molecule has 0 aliphatic heterocycles. The number of aliphatic hydroxyl groups is 2. The Balaban J connectivity index is 1.97. The van der Waals surface area contributed by atoms with Crippen LogP contribution in [0.2, 0.25) is 0 Å². The van der Waals surface area contributed by atoms with Crippen LogP contribution in [-0.4, -0.2) is 35.6 Å². The molecular weight excluding hydrogens is 352 g/mol. The van der Waals surface area contributed by atoms with E-state index in [9.17, 15) is 10.2 Å². The topological polar surface area (TPSA) is 58.9 Å². The van der Waals surface area contributed by atoms with Crippen LogP contribution < -0.4 is 9.47 Å². The molecule has 2 rings (SSSR count). The lowest BCUT2D eigenvalue weighted by molar-refractivity contribution is 0.0865. The molecule has 0 saturated heterocycles. The van der Waals surface area contributed by atoms with Crippen molar-refractivity contribution in [1.29, 1.82) is 0 Å². The molecule has 2 N–H and O–H groups in total. The van der Waals surface area contributed by atoms with Gasteiger partial charge in [0, 0.05) is 5.39 Å². The summed E-state index contributed by atoms with van der Waals surface area (Å²) in [5.41, 5.74) is 0. The minimum Gasteiger partial charge on any atom is -0.491 e. The molecule has 4 atom stereocenters. The molecule has 156 valence electrons. The van der Waals surface area contributed by atoms with Crippen molar-refractivity contribution in [1.82, 2.24) is 0 Å². The summed E-state index contributed by atoms with van der Waals surface area (Å²) in [4.78, 5) is 0. The van der Waals surface area contributed by atoms with Gasteiger partial charge in [-0.15, -0.1) is 0 Å². The summed E-state index contributed by atoms with van der Waals surface area (Å²) in [6, 6.07) is 11.7. The molecule has 0 radical (unpaired) electrons. The van der Waals surface area contributed by atoms with Crippen molar-refractivity contribution >= 4 is 10.8 Å². The van der Waals surface area contributed by atoms with E-state index in [1.165, 1.54) is 0 Å². The van der Waals surface area contributed by atoms with Gasteiger partial charge >= 0.3 is 0 Å². The van der Waals surface area contributed by atoms with E-state index in [2.05, 4.69) is 27.7 Å². The summed E-state index contributed by atoms with van der Waals surface area (Å²) in [6.45, 7) is 9.14. The first kappa shape index (κ1) is 22.5. The van der Waals surface area contributed by atoms with E-state index in [4.69, 9.17) is 9.47 Å². The van der Waals surface area contributed by atoms with Gasteiger partial charge in [0.2, 0.25) is 0 Å². The molecule has 0 aliphatic carbocycles. The van der Waals surface area contributed by atoms with Gasteiger partial charge in [-0.25, -0.2) is 0 Å². The summed E-state index contributed by atoms with van der Waals surface area (Å²) < 4.78 is 11.7. The van der Waals surface area contributed by atoms with Crippen LogP contribution in [-0.2, 0) is 0 Å². The minimum atomic E-state index is -0.459. The maximum absolute atomic E-state index is 10.2. The molecule has 0 bridgehead atoms. The fourth-order valence-electron chi connectivity index (χ4n) is 3.22. The third-order valence-electron chi connectivity index (χ3n) is 5.43. The van der Waals surface area contributed by atoms with Crippen LogP contribution >= 0.6 is 0 Å². The van der Waals surface area contributed by atoms with Crippen molar-refractivity contribution in [2.45, 2.75) is 65.6 Å². The minimum absolute atomic E-state index is 0.295. The second-order valence-corrected chi connectivity index (χ2v) is 8.07. The van der Waals surface area contributed by atoms with Crippen molar-refractivity contribution in [3.8, 4) is 11.5 Å². The van der Waals surface area contributed by atoms with Crippen LogP contribution in [0, 0.1) is 11.8 Å². The van der Waals surface area contributed by atoms with E-state index in [-0.39, 0.29) is 0 Å². The summed E-state index contributed by atoms with van der Waals surface area (Å²) in [6.07, 6.45) is 2.70. The number of benzene rings is 2. The van der Waals surface area contributed by atoms with Crippen molar-refractivity contribution in [2.24, 2.45) is 11.8 Å². The Morgan fingerprint density at radius 3 is 2.04 bits per heavy atom. The van der Waals surface area contributed by atoms with Crippen LogP contribution in [0.5, 0.6) is 11.5 Å². The van der Waals surface area contributed by atoms with Gasteiger partial charge in [-0.1, -0.05) is 52.7 Å². The smallest absolute Gasteiger partial charge is 0.127 e. The van der Waals surface area contributed by atoms with Gasteiger partial charge in [-0.2, -0.15) is 0 Å². The molecule has 0 aromatic heterocycles. The molecular formula is C24H36O4. The molecule has 0 saturated carbocycles. The van der Waals surface area contributed by atoms with E-state index in [1.807, 2.05) is 36.4 Å². The van der Waals surface area contributed by atoms with Crippen molar-refractivity contribution < 1.29 is 19.7 Å². The highest BCUT2D eigenvalue weighted by molar-refractivity contribution is 5.89. The molecule has 0 fully saturated rings. The zero-order valence-electron chi connectivity index (χ0n) is 17.7. The molecule has 2 aromatic carbocycles. The fraction of sp³-hybridized carbons (Fsp3) is 0.583. The molecule has 0 amide bonds. The van der Waals surface area contributed by atoms with Crippen molar-refractivity contribution in [3.63, 3.8) is 0 Å². The molecule has 4 unspecified atom stereocenters. The van der Waals surface area contributed by atoms with Crippen LogP contribution in [0.3, 0.4) is 0 Å². The molecule has 4 nitrogen and oxygen atoms in total. The Hall–Kier alpha value is -1.78. The lowest BCUT2D eigenvalue weighted by Gasteiger charge is -2.17. The Morgan fingerprint density at radius 1 is 0.821 bits per heavy atom. The van der Waals surface area contributed by atoms with Crippen LogP contribution in [0.15, 0.2) is 36.4 Å². The molecule has 2 aromatic rings. The summed E-state index contributed by atoms with van der Waals surface area (Å²) in [7, 11) is 0. The highest BCUT2D eigenvalue weighted by atomic mass is 16.5. The normalized spacial score (nSPS) is 15.8. The van der Waals surface area contributed by atoms with E-state index >= 15 is 0 Å². The van der Waals surface area contributed by atoms with Crippen molar-refractivity contribution in [3.05, 3.63) is 36.4 Å². The monoisotopic (exact) mass is 388 g/mol. The third kappa shape index (κ3) is 6.99. The lowest BCUT2D eigenvalue weighted by Crippen LogP contribution is -2.20. The molecule has 0 heterocycles. The molecule has 28 heavy (non-hydrogen) atoms. The van der Waals surface area contributed by atoms with E-state index < -0.39 is 12.2 Å². The van der Waals surface area contributed by atoms with Gasteiger partial charge in [-0.05, 0) is 54.3 Å². The van der Waals surface area contributed by atoms with Gasteiger partial charge in [0.05, 0.1) is 12.2 Å². The second-order valence-electron chi connectivity index (χ2n) is 8.07. The quantitative estimate of drug-likeness (QED) is 0.525. The number of ether oxygens (including phenoxy) is 2. The summed E-state index contributed by atoms with van der Waals surface area (Å²) >= 11 is 0. The Morgan fingerprint density at radius 2 is 1.43 bits per heavy atom. The first-order chi connectivity index (χ1) is 13.4. The largest absolute Gasteiger partial charge is 0.491 e. The third-order valence-corrected chi connectivity index (χ3v) is 5.43. The predicted molar refractivity (Wildman–Crippen MR) is 115 cm³/mol. The maximum atomic E-state index is 10.2. The van der Waals surface area contributed by atoms with Gasteiger partial charge in [0.1, 0.15) is 24.7 Å². The first-order valence-electron chi connectivity index (χ1n) is 10.6. The van der Waals surface area contributed by atoms with Crippen LogP contribution in [0.25, 0.3) is 10.8 Å². The van der Waals surface area contributed by atoms with Crippen LogP contribution in [0.4, 0.5) is 0 Å². The lowest BCUT2D eigenvalue weighted by atomic mass is 10.0. The van der Waals surface area contributed by atoms with Gasteiger partial charge < -0.3 is 19.7 Å². The predicted octanol–water partition coefficient (Wildman–Crippen LogP) is 5.19. The maximum Gasteiger partial charge on any atom is 0.127 e. The zero-order valence-corrected chi connectivity index (χ0v) is 17.7. The average molecular weight is 389 g/mol. The van der Waals surface area contributed by atoms with Gasteiger partial charge in [-0.3, -0.25) is 0 Å². The van der Waals surface area contributed by atoms with Crippen LogP contribution in [0.1, 0.15) is 53.4 Å². The average Bonchev–Trinajstić information content (AvgIpc) is 2.70. The number of aliphatic hydroxyl groups excluding tert-OH is 2. The Kier molecular flexibility index (Phi) is 9.07. The van der Waals surface area contributed by atoms with Gasteiger partial charge in [0.25, 0.3) is 0 Å². The van der Waals surface area contributed by atoms with E-state index in [1.54, 1.807) is 0 Å². The van der Waals surface area contributed by atoms with Crippen molar-refractivity contribution in [2.75, 3.05) is 13.2 Å². The zero-order chi connectivity index (χ0) is 20.5. The summed E-state index contributed by atoms with van der Waals surface area (Å²) in [5.74, 6) is 2.49. The first-order valence-corrected chi connectivity index (χ1v) is 10.6. The number of rotatable bonds is 12. The Labute approximate surface area is 169 Å². The standard InChI is InChI=1S/C24H36O4/c1-5-17(3)12-20(25)15-27-22-10-11-23-19(14-22)8-7-9-24(23)28-16-21(26)13-18(4)6-2/h7-11,14,17-18,20-21,25-26H,5-6,12-13,15-16H2,1-4H3. The van der Waals surface area contributed by atoms with Gasteiger partial charge in [0.15, 0.2) is 0 Å². The molecule has 0 spiro atoms. The number of hydrogen-bond acceptors (Lipinski definition) is 4. The number of hydrogen-bond donors (Lipinski definition) is 2. The highest BCUT2D eigenvalue weighted by Crippen LogP contribution is 2.29. The molecule has 4 heteroatoms. The Bertz CT molecular complexity index is 715.